The van der Waals surface area contributed by atoms with Crippen LogP contribution in [0.3, 0.4) is 0 Å². The molecule has 3 rings (SSSR count). The third-order valence-corrected chi connectivity index (χ3v) is 3.72. The van der Waals surface area contributed by atoms with Gasteiger partial charge in [-0.1, -0.05) is 19.9 Å². The van der Waals surface area contributed by atoms with E-state index in [0.29, 0.717) is 11.7 Å². The highest BCUT2D eigenvalue weighted by atomic mass is 16.3. The minimum Gasteiger partial charge on any atom is -0.463 e. The molecule has 0 aliphatic heterocycles. The van der Waals surface area contributed by atoms with E-state index in [-0.39, 0.29) is 5.43 Å². The predicted molar refractivity (Wildman–Crippen MR) is 81.0 cm³/mol. The lowest BCUT2D eigenvalue weighted by atomic mass is 10.0. The van der Waals surface area contributed by atoms with Crippen LogP contribution in [0.5, 0.6) is 0 Å². The van der Waals surface area contributed by atoms with Gasteiger partial charge in [0.15, 0.2) is 5.43 Å². The van der Waals surface area contributed by atoms with Gasteiger partial charge in [0.05, 0.1) is 17.5 Å². The van der Waals surface area contributed by atoms with Crippen molar-refractivity contribution in [3.63, 3.8) is 0 Å². The van der Waals surface area contributed by atoms with E-state index in [0.717, 1.165) is 16.6 Å². The number of hydrogen-bond donors (Lipinski definition) is 0. The topological polar surface area (TPSA) is 35.1 Å². The van der Waals surface area contributed by atoms with Crippen molar-refractivity contribution in [2.24, 2.45) is 7.05 Å². The van der Waals surface area contributed by atoms with Crippen LogP contribution in [0.4, 0.5) is 0 Å². The number of pyridine rings is 1. The maximum absolute atomic E-state index is 12.4. The molecule has 0 aliphatic carbocycles. The molecular weight excluding hydrogens is 250 g/mol. The molecule has 3 heteroatoms. The van der Waals surface area contributed by atoms with Gasteiger partial charge in [0.1, 0.15) is 5.76 Å². The summed E-state index contributed by atoms with van der Waals surface area (Å²) in [6, 6.07) is 11.4. The summed E-state index contributed by atoms with van der Waals surface area (Å²) >= 11 is 0. The number of hydrogen-bond acceptors (Lipinski definition) is 2. The molecule has 2 heterocycles. The molecule has 3 aromatic rings. The standard InChI is InChI=1S/C17H17NO2/c1-11(2)12-6-7-14-13(9-12)16(19)10-15(18(14)3)17-5-4-8-20-17/h4-11H,1-3H3. The monoisotopic (exact) mass is 267 g/mol. The first-order valence-electron chi connectivity index (χ1n) is 6.75. The minimum absolute atomic E-state index is 0.0343. The SMILES string of the molecule is CC(C)c1ccc2c(c1)c(=O)cc(-c1ccco1)n2C. The number of rotatable bonds is 2. The fourth-order valence-corrected chi connectivity index (χ4v) is 2.49. The van der Waals surface area contributed by atoms with Crippen LogP contribution in [0, 0.1) is 0 Å². The smallest absolute Gasteiger partial charge is 0.190 e. The average Bonchev–Trinajstić information content (AvgIpc) is 2.96. The molecule has 2 aromatic heterocycles. The molecule has 0 fully saturated rings. The van der Waals surface area contributed by atoms with E-state index in [4.69, 9.17) is 4.42 Å². The van der Waals surface area contributed by atoms with Gasteiger partial charge in [0.2, 0.25) is 0 Å². The first kappa shape index (κ1) is 12.7. The van der Waals surface area contributed by atoms with Gasteiger partial charge in [-0.15, -0.1) is 0 Å². The molecule has 20 heavy (non-hydrogen) atoms. The molecule has 0 radical (unpaired) electrons. The van der Waals surface area contributed by atoms with Gasteiger partial charge < -0.3 is 8.98 Å². The number of fused-ring (bicyclic) bond motifs is 1. The number of aromatic nitrogens is 1. The maximum atomic E-state index is 12.4. The van der Waals surface area contributed by atoms with Gasteiger partial charge in [0.25, 0.3) is 0 Å². The number of benzene rings is 1. The summed E-state index contributed by atoms with van der Waals surface area (Å²) in [4.78, 5) is 12.4. The van der Waals surface area contributed by atoms with Gasteiger partial charge >= 0.3 is 0 Å². The zero-order valence-electron chi connectivity index (χ0n) is 11.9. The second-order valence-electron chi connectivity index (χ2n) is 5.36. The minimum atomic E-state index is 0.0343. The van der Waals surface area contributed by atoms with Crippen molar-refractivity contribution < 1.29 is 4.42 Å². The third-order valence-electron chi connectivity index (χ3n) is 3.72. The first-order chi connectivity index (χ1) is 9.58. The summed E-state index contributed by atoms with van der Waals surface area (Å²) in [6.07, 6.45) is 1.62. The van der Waals surface area contributed by atoms with Crippen LogP contribution in [0.1, 0.15) is 25.3 Å². The van der Waals surface area contributed by atoms with E-state index in [2.05, 4.69) is 19.9 Å². The highest BCUT2D eigenvalue weighted by Gasteiger charge is 2.11. The zero-order valence-corrected chi connectivity index (χ0v) is 11.9. The van der Waals surface area contributed by atoms with Gasteiger partial charge in [-0.3, -0.25) is 4.79 Å². The normalized spacial score (nSPS) is 11.4. The van der Waals surface area contributed by atoms with E-state index in [1.165, 1.54) is 5.56 Å². The van der Waals surface area contributed by atoms with Gasteiger partial charge in [-0.05, 0) is 35.7 Å². The van der Waals surface area contributed by atoms with Crippen LogP contribution >= 0.6 is 0 Å². The third kappa shape index (κ3) is 1.95. The number of nitrogens with zero attached hydrogens (tertiary/aromatic N) is 1. The van der Waals surface area contributed by atoms with Crippen molar-refractivity contribution in [3.05, 3.63) is 58.4 Å². The quantitative estimate of drug-likeness (QED) is 0.705. The predicted octanol–water partition coefficient (Wildman–Crippen LogP) is 3.92. The summed E-state index contributed by atoms with van der Waals surface area (Å²) in [7, 11) is 1.95. The summed E-state index contributed by atoms with van der Waals surface area (Å²) < 4.78 is 7.41. The van der Waals surface area contributed by atoms with Crippen molar-refractivity contribution in [1.82, 2.24) is 4.57 Å². The molecule has 0 saturated heterocycles. The lowest BCUT2D eigenvalue weighted by Crippen LogP contribution is -2.09. The van der Waals surface area contributed by atoms with Crippen molar-refractivity contribution in [1.29, 1.82) is 0 Å². The number of aryl methyl sites for hydroxylation is 1. The van der Waals surface area contributed by atoms with Crippen molar-refractivity contribution in [2.45, 2.75) is 19.8 Å². The Morgan fingerprint density at radius 2 is 1.95 bits per heavy atom. The fraction of sp³-hybridized carbons (Fsp3) is 0.235. The number of furan rings is 1. The van der Waals surface area contributed by atoms with Gasteiger partial charge in [-0.25, -0.2) is 0 Å². The van der Waals surface area contributed by atoms with Gasteiger partial charge in [-0.2, -0.15) is 0 Å². The molecule has 0 spiro atoms. The Hall–Kier alpha value is -2.29. The van der Waals surface area contributed by atoms with Crippen LogP contribution < -0.4 is 5.43 Å². The molecule has 0 unspecified atom stereocenters. The van der Waals surface area contributed by atoms with Crippen LogP contribution in [0.25, 0.3) is 22.4 Å². The van der Waals surface area contributed by atoms with Crippen LogP contribution in [-0.2, 0) is 7.05 Å². The summed E-state index contributed by atoms with van der Waals surface area (Å²) in [5, 5.41) is 0.758. The lowest BCUT2D eigenvalue weighted by molar-refractivity contribution is 0.576. The average molecular weight is 267 g/mol. The second kappa shape index (κ2) is 4.67. The van der Waals surface area contributed by atoms with Crippen molar-refractivity contribution in [2.75, 3.05) is 0 Å². The molecule has 102 valence electrons. The molecule has 3 nitrogen and oxygen atoms in total. The fourth-order valence-electron chi connectivity index (χ4n) is 2.49. The summed E-state index contributed by atoms with van der Waals surface area (Å²) in [5.74, 6) is 1.12. The molecule has 0 amide bonds. The van der Waals surface area contributed by atoms with E-state index >= 15 is 0 Å². The zero-order chi connectivity index (χ0) is 14.3. The molecule has 0 saturated carbocycles. The highest BCUT2D eigenvalue weighted by Crippen LogP contribution is 2.24. The summed E-state index contributed by atoms with van der Waals surface area (Å²) in [5.41, 5.74) is 2.94. The molecule has 0 atom stereocenters. The molecule has 1 aromatic carbocycles. The van der Waals surface area contributed by atoms with E-state index in [1.807, 2.05) is 35.9 Å². The first-order valence-corrected chi connectivity index (χ1v) is 6.75. The van der Waals surface area contributed by atoms with Crippen molar-refractivity contribution >= 4 is 10.9 Å². The van der Waals surface area contributed by atoms with Crippen LogP contribution in [0.2, 0.25) is 0 Å². The van der Waals surface area contributed by atoms with Crippen LogP contribution in [-0.4, -0.2) is 4.57 Å². The molecular formula is C17H17NO2. The van der Waals surface area contributed by atoms with E-state index in [9.17, 15) is 4.79 Å². The second-order valence-corrected chi connectivity index (χ2v) is 5.36. The highest BCUT2D eigenvalue weighted by molar-refractivity contribution is 5.82. The molecule has 0 N–H and O–H groups in total. The summed E-state index contributed by atoms with van der Waals surface area (Å²) in [6.45, 7) is 4.26. The maximum Gasteiger partial charge on any atom is 0.190 e. The Bertz CT molecular complexity index is 811. The Balaban J connectivity index is 2.32. The largest absolute Gasteiger partial charge is 0.463 e. The Morgan fingerprint density at radius 1 is 1.15 bits per heavy atom. The van der Waals surface area contributed by atoms with Crippen LogP contribution in [0.15, 0.2) is 51.9 Å². The van der Waals surface area contributed by atoms with E-state index < -0.39 is 0 Å². The van der Waals surface area contributed by atoms with Crippen molar-refractivity contribution in [3.8, 4) is 11.5 Å². The molecule has 0 aliphatic rings. The van der Waals surface area contributed by atoms with E-state index in [1.54, 1.807) is 12.3 Å². The molecule has 0 bridgehead atoms. The lowest BCUT2D eigenvalue weighted by Gasteiger charge is -2.12. The Labute approximate surface area is 117 Å². The Morgan fingerprint density at radius 3 is 2.60 bits per heavy atom. The van der Waals surface area contributed by atoms with Gasteiger partial charge in [0, 0.05) is 18.5 Å². The Kier molecular flexibility index (Phi) is 2.97.